The summed E-state index contributed by atoms with van der Waals surface area (Å²) in [5, 5.41) is 0. The van der Waals surface area contributed by atoms with E-state index in [1.54, 1.807) is 36.3 Å². The average molecular weight is 324 g/mol. The standard InChI is InChI=1S/C13H14BrN3O2/c1-17(8-11-4-5-12(14)19-11)13(18)6-10-3-2-9(15)7-16-10/h2-5,7H,6,8,15H2,1H3. The number of likely N-dealkylation sites (N-methyl/N-ethyl adjacent to an activating group) is 1. The van der Waals surface area contributed by atoms with Crippen molar-refractivity contribution in [3.05, 3.63) is 46.6 Å². The van der Waals surface area contributed by atoms with Crippen molar-refractivity contribution < 1.29 is 9.21 Å². The summed E-state index contributed by atoms with van der Waals surface area (Å²) in [7, 11) is 1.73. The molecular weight excluding hydrogens is 310 g/mol. The lowest BCUT2D eigenvalue weighted by molar-refractivity contribution is -0.130. The van der Waals surface area contributed by atoms with Crippen molar-refractivity contribution in [3.8, 4) is 0 Å². The molecule has 0 aliphatic carbocycles. The maximum absolute atomic E-state index is 12.0. The minimum atomic E-state index is -0.0233. The molecule has 0 aliphatic heterocycles. The highest BCUT2D eigenvalue weighted by atomic mass is 79.9. The van der Waals surface area contributed by atoms with Crippen LogP contribution in [0.15, 0.2) is 39.5 Å². The van der Waals surface area contributed by atoms with Crippen molar-refractivity contribution in [2.75, 3.05) is 12.8 Å². The maximum Gasteiger partial charge on any atom is 0.228 e. The van der Waals surface area contributed by atoms with E-state index in [0.717, 1.165) is 5.76 Å². The summed E-state index contributed by atoms with van der Waals surface area (Å²) >= 11 is 3.23. The zero-order valence-corrected chi connectivity index (χ0v) is 12.1. The number of nitrogen functional groups attached to an aromatic ring is 1. The molecule has 0 saturated heterocycles. The first-order valence-corrected chi connectivity index (χ1v) is 6.52. The van der Waals surface area contributed by atoms with Gasteiger partial charge in [-0.1, -0.05) is 0 Å². The molecule has 0 bridgehead atoms. The number of aromatic nitrogens is 1. The first-order chi connectivity index (χ1) is 9.04. The molecule has 0 fully saturated rings. The molecule has 100 valence electrons. The minimum Gasteiger partial charge on any atom is -0.452 e. The van der Waals surface area contributed by atoms with Gasteiger partial charge in [-0.25, -0.2) is 0 Å². The van der Waals surface area contributed by atoms with Crippen LogP contribution in [0.25, 0.3) is 0 Å². The Bertz CT molecular complexity index is 566. The number of nitrogens with zero attached hydrogens (tertiary/aromatic N) is 2. The van der Waals surface area contributed by atoms with Crippen molar-refractivity contribution in [1.29, 1.82) is 0 Å². The second-order valence-corrected chi connectivity index (χ2v) is 5.00. The second-order valence-electron chi connectivity index (χ2n) is 4.22. The van der Waals surface area contributed by atoms with Gasteiger partial charge in [0, 0.05) is 12.7 Å². The molecule has 2 heterocycles. The smallest absolute Gasteiger partial charge is 0.228 e. The molecule has 2 aromatic heterocycles. The van der Waals surface area contributed by atoms with E-state index < -0.39 is 0 Å². The molecule has 1 amide bonds. The summed E-state index contributed by atoms with van der Waals surface area (Å²) in [6.07, 6.45) is 1.80. The van der Waals surface area contributed by atoms with Gasteiger partial charge in [-0.15, -0.1) is 0 Å². The van der Waals surface area contributed by atoms with Crippen molar-refractivity contribution in [2.24, 2.45) is 0 Å². The number of pyridine rings is 1. The normalized spacial score (nSPS) is 10.4. The number of hydrogen-bond acceptors (Lipinski definition) is 4. The van der Waals surface area contributed by atoms with E-state index in [1.807, 2.05) is 6.07 Å². The fourth-order valence-electron chi connectivity index (χ4n) is 1.59. The number of hydrogen-bond donors (Lipinski definition) is 1. The molecule has 19 heavy (non-hydrogen) atoms. The largest absolute Gasteiger partial charge is 0.452 e. The lowest BCUT2D eigenvalue weighted by Gasteiger charge is -2.15. The van der Waals surface area contributed by atoms with Crippen LogP contribution in [0.4, 0.5) is 5.69 Å². The van der Waals surface area contributed by atoms with Crippen molar-refractivity contribution in [2.45, 2.75) is 13.0 Å². The minimum absolute atomic E-state index is 0.0233. The number of rotatable bonds is 4. The number of carbonyl (C=O) groups is 1. The molecule has 0 radical (unpaired) electrons. The Morgan fingerprint density at radius 1 is 1.42 bits per heavy atom. The van der Waals surface area contributed by atoms with Gasteiger partial charge in [0.1, 0.15) is 5.76 Å². The van der Waals surface area contributed by atoms with Crippen LogP contribution in [0.1, 0.15) is 11.5 Å². The highest BCUT2D eigenvalue weighted by Crippen LogP contribution is 2.15. The predicted molar refractivity (Wildman–Crippen MR) is 75.2 cm³/mol. The molecule has 2 aromatic rings. The summed E-state index contributed by atoms with van der Waals surface area (Å²) in [6.45, 7) is 0.430. The van der Waals surface area contributed by atoms with Gasteiger partial charge in [0.15, 0.2) is 4.67 Å². The molecule has 0 aliphatic rings. The third kappa shape index (κ3) is 3.82. The number of halogens is 1. The zero-order chi connectivity index (χ0) is 13.8. The van der Waals surface area contributed by atoms with Crippen molar-refractivity contribution in [3.63, 3.8) is 0 Å². The van der Waals surface area contributed by atoms with Crippen LogP contribution in [0.5, 0.6) is 0 Å². The lowest BCUT2D eigenvalue weighted by Crippen LogP contribution is -2.27. The third-order valence-electron chi connectivity index (χ3n) is 2.63. The highest BCUT2D eigenvalue weighted by molar-refractivity contribution is 9.10. The Morgan fingerprint density at radius 3 is 2.79 bits per heavy atom. The van der Waals surface area contributed by atoms with Crippen LogP contribution in [-0.4, -0.2) is 22.8 Å². The van der Waals surface area contributed by atoms with Crippen LogP contribution in [0.2, 0.25) is 0 Å². The fourth-order valence-corrected chi connectivity index (χ4v) is 1.93. The van der Waals surface area contributed by atoms with E-state index >= 15 is 0 Å². The van der Waals surface area contributed by atoms with Gasteiger partial charge in [-0.05, 0) is 40.2 Å². The molecule has 2 rings (SSSR count). The van der Waals surface area contributed by atoms with Gasteiger partial charge < -0.3 is 15.1 Å². The molecule has 0 atom stereocenters. The second kappa shape index (κ2) is 5.88. The van der Waals surface area contributed by atoms with E-state index in [9.17, 15) is 4.79 Å². The highest BCUT2D eigenvalue weighted by Gasteiger charge is 2.12. The quantitative estimate of drug-likeness (QED) is 0.936. The van der Waals surface area contributed by atoms with Gasteiger partial charge in [-0.2, -0.15) is 0 Å². The first kappa shape index (κ1) is 13.6. The Labute approximate surface area is 119 Å². The van der Waals surface area contributed by atoms with Crippen molar-refractivity contribution >= 4 is 27.5 Å². The monoisotopic (exact) mass is 323 g/mol. The van der Waals surface area contributed by atoms with Gasteiger partial charge in [-0.3, -0.25) is 9.78 Å². The summed E-state index contributed by atoms with van der Waals surface area (Å²) < 4.78 is 6.02. The molecule has 2 N–H and O–H groups in total. The van der Waals surface area contributed by atoms with Crippen LogP contribution >= 0.6 is 15.9 Å². The van der Waals surface area contributed by atoms with Gasteiger partial charge in [0.25, 0.3) is 0 Å². The number of amides is 1. The van der Waals surface area contributed by atoms with Crippen LogP contribution in [0, 0.1) is 0 Å². The summed E-state index contributed by atoms with van der Waals surface area (Å²) in [5.41, 5.74) is 6.84. The third-order valence-corrected chi connectivity index (χ3v) is 3.05. The summed E-state index contributed by atoms with van der Waals surface area (Å²) in [4.78, 5) is 17.7. The maximum atomic E-state index is 12.0. The predicted octanol–water partition coefficient (Wildman–Crippen LogP) is 2.22. The molecule has 0 unspecified atom stereocenters. The number of furan rings is 1. The van der Waals surface area contributed by atoms with E-state index in [0.29, 0.717) is 22.6 Å². The molecule has 5 nitrogen and oxygen atoms in total. The van der Waals surface area contributed by atoms with Gasteiger partial charge in [0.2, 0.25) is 5.91 Å². The topological polar surface area (TPSA) is 72.4 Å². The Balaban J connectivity index is 1.94. The van der Waals surface area contributed by atoms with E-state index in [1.165, 1.54) is 0 Å². The van der Waals surface area contributed by atoms with Crippen LogP contribution in [0.3, 0.4) is 0 Å². The number of nitrogens with two attached hydrogens (primary N) is 1. The van der Waals surface area contributed by atoms with Gasteiger partial charge >= 0.3 is 0 Å². The Hall–Kier alpha value is -1.82. The molecule has 0 aromatic carbocycles. The Morgan fingerprint density at radius 2 is 2.21 bits per heavy atom. The zero-order valence-electron chi connectivity index (χ0n) is 10.5. The van der Waals surface area contributed by atoms with Crippen molar-refractivity contribution in [1.82, 2.24) is 9.88 Å². The van der Waals surface area contributed by atoms with E-state index in [2.05, 4.69) is 20.9 Å². The van der Waals surface area contributed by atoms with E-state index in [-0.39, 0.29) is 12.3 Å². The Kier molecular flexibility index (Phi) is 4.21. The summed E-state index contributed by atoms with van der Waals surface area (Å²) in [6, 6.07) is 7.12. The summed E-state index contributed by atoms with van der Waals surface area (Å²) in [5.74, 6) is 0.706. The number of carbonyl (C=O) groups excluding carboxylic acids is 1. The number of anilines is 1. The fraction of sp³-hybridized carbons (Fsp3) is 0.231. The lowest BCUT2D eigenvalue weighted by atomic mass is 10.2. The molecule has 0 saturated carbocycles. The van der Waals surface area contributed by atoms with E-state index in [4.69, 9.17) is 10.2 Å². The van der Waals surface area contributed by atoms with Crippen LogP contribution < -0.4 is 5.73 Å². The average Bonchev–Trinajstić information content (AvgIpc) is 2.77. The van der Waals surface area contributed by atoms with Crippen LogP contribution in [-0.2, 0) is 17.8 Å². The first-order valence-electron chi connectivity index (χ1n) is 5.73. The SMILES string of the molecule is CN(Cc1ccc(Br)o1)C(=O)Cc1ccc(N)cn1. The molecule has 0 spiro atoms. The molecular formula is C13H14BrN3O2. The van der Waals surface area contributed by atoms with Gasteiger partial charge in [0.05, 0.1) is 24.8 Å². The molecule has 6 heteroatoms.